The SMILES string of the molecule is CC1(C)COC(Cn2ccnc2)(c2cc3ccccc3o2)OC1. The van der Waals surface area contributed by atoms with Gasteiger partial charge in [0.15, 0.2) is 5.76 Å². The van der Waals surface area contributed by atoms with Crippen molar-refractivity contribution in [2.75, 3.05) is 13.2 Å². The topological polar surface area (TPSA) is 49.4 Å². The van der Waals surface area contributed by atoms with Gasteiger partial charge < -0.3 is 18.5 Å². The number of benzene rings is 1. The first-order chi connectivity index (χ1) is 11.1. The molecule has 1 saturated heterocycles. The van der Waals surface area contributed by atoms with Crippen LogP contribution in [0.25, 0.3) is 11.0 Å². The lowest BCUT2D eigenvalue weighted by atomic mass is 9.94. The van der Waals surface area contributed by atoms with Crippen LogP contribution in [-0.2, 0) is 21.8 Å². The van der Waals surface area contributed by atoms with E-state index < -0.39 is 5.79 Å². The summed E-state index contributed by atoms with van der Waals surface area (Å²) >= 11 is 0. The predicted molar refractivity (Wildman–Crippen MR) is 85.8 cm³/mol. The molecule has 0 N–H and O–H groups in total. The van der Waals surface area contributed by atoms with E-state index in [0.717, 1.165) is 11.0 Å². The molecule has 5 heteroatoms. The van der Waals surface area contributed by atoms with Crippen LogP contribution in [0.4, 0.5) is 0 Å². The summed E-state index contributed by atoms with van der Waals surface area (Å²) in [6.45, 7) is 5.99. The number of hydrogen-bond acceptors (Lipinski definition) is 4. The van der Waals surface area contributed by atoms with Gasteiger partial charge in [0.1, 0.15) is 5.58 Å². The summed E-state index contributed by atoms with van der Waals surface area (Å²) in [6, 6.07) is 9.95. The molecule has 0 spiro atoms. The Morgan fingerprint density at radius 1 is 1.17 bits per heavy atom. The Labute approximate surface area is 134 Å². The van der Waals surface area contributed by atoms with Crippen LogP contribution in [0.2, 0.25) is 0 Å². The molecule has 5 nitrogen and oxygen atoms in total. The molecule has 0 unspecified atom stereocenters. The zero-order valence-corrected chi connectivity index (χ0v) is 13.4. The highest BCUT2D eigenvalue weighted by Crippen LogP contribution is 2.39. The lowest BCUT2D eigenvalue weighted by molar-refractivity contribution is -0.321. The second-order valence-corrected chi connectivity index (χ2v) is 6.88. The quantitative estimate of drug-likeness (QED) is 0.742. The average Bonchev–Trinajstić information content (AvgIpc) is 3.19. The van der Waals surface area contributed by atoms with Gasteiger partial charge in [0, 0.05) is 23.2 Å². The third-order valence-electron chi connectivity index (χ3n) is 4.14. The molecule has 120 valence electrons. The van der Waals surface area contributed by atoms with E-state index in [1.54, 1.807) is 12.5 Å². The lowest BCUT2D eigenvalue weighted by Crippen LogP contribution is -2.47. The molecule has 0 atom stereocenters. The summed E-state index contributed by atoms with van der Waals surface area (Å²) in [7, 11) is 0. The number of hydrogen-bond donors (Lipinski definition) is 0. The van der Waals surface area contributed by atoms with Crippen LogP contribution in [0.1, 0.15) is 19.6 Å². The van der Waals surface area contributed by atoms with Gasteiger partial charge in [-0.1, -0.05) is 32.0 Å². The Morgan fingerprint density at radius 3 is 2.65 bits per heavy atom. The average molecular weight is 312 g/mol. The number of rotatable bonds is 3. The van der Waals surface area contributed by atoms with Crippen molar-refractivity contribution >= 4 is 11.0 Å². The van der Waals surface area contributed by atoms with Crippen molar-refractivity contribution < 1.29 is 13.9 Å². The number of para-hydroxylation sites is 1. The van der Waals surface area contributed by atoms with Crippen molar-refractivity contribution in [3.63, 3.8) is 0 Å². The molecular formula is C18H20N2O3. The number of ether oxygens (including phenoxy) is 2. The maximum absolute atomic E-state index is 6.21. The van der Waals surface area contributed by atoms with Crippen molar-refractivity contribution in [3.05, 3.63) is 54.8 Å². The van der Waals surface area contributed by atoms with Crippen LogP contribution in [0.3, 0.4) is 0 Å². The number of aromatic nitrogens is 2. The van der Waals surface area contributed by atoms with Crippen molar-refractivity contribution in [1.29, 1.82) is 0 Å². The Bertz CT molecular complexity index is 762. The van der Waals surface area contributed by atoms with Gasteiger partial charge in [-0.15, -0.1) is 0 Å². The van der Waals surface area contributed by atoms with E-state index in [1.807, 2.05) is 41.1 Å². The van der Waals surface area contributed by atoms with Gasteiger partial charge in [0.05, 0.1) is 26.1 Å². The van der Waals surface area contributed by atoms with Gasteiger partial charge >= 0.3 is 0 Å². The molecule has 3 aromatic rings. The summed E-state index contributed by atoms with van der Waals surface area (Å²) in [6.07, 6.45) is 5.41. The number of furan rings is 1. The molecule has 1 fully saturated rings. The summed E-state index contributed by atoms with van der Waals surface area (Å²) in [4.78, 5) is 4.11. The monoisotopic (exact) mass is 312 g/mol. The van der Waals surface area contributed by atoms with E-state index in [-0.39, 0.29) is 5.41 Å². The maximum atomic E-state index is 6.21. The molecule has 0 radical (unpaired) electrons. The number of imidazole rings is 1. The van der Waals surface area contributed by atoms with Crippen molar-refractivity contribution in [1.82, 2.24) is 9.55 Å². The van der Waals surface area contributed by atoms with Crippen molar-refractivity contribution in [2.24, 2.45) is 5.41 Å². The molecule has 0 amide bonds. The minimum Gasteiger partial charge on any atom is -0.455 e. The molecule has 1 aliphatic rings. The van der Waals surface area contributed by atoms with Gasteiger partial charge in [0.2, 0.25) is 5.79 Å². The highest BCUT2D eigenvalue weighted by atomic mass is 16.7. The first-order valence-corrected chi connectivity index (χ1v) is 7.79. The molecule has 4 rings (SSSR count). The second kappa shape index (κ2) is 5.22. The first-order valence-electron chi connectivity index (χ1n) is 7.79. The van der Waals surface area contributed by atoms with Gasteiger partial charge in [-0.25, -0.2) is 4.98 Å². The molecule has 0 bridgehead atoms. The molecule has 0 saturated carbocycles. The maximum Gasteiger partial charge on any atom is 0.247 e. The second-order valence-electron chi connectivity index (χ2n) is 6.88. The van der Waals surface area contributed by atoms with Crippen molar-refractivity contribution in [2.45, 2.75) is 26.2 Å². The van der Waals surface area contributed by atoms with E-state index >= 15 is 0 Å². The molecule has 3 heterocycles. The van der Waals surface area contributed by atoms with E-state index in [9.17, 15) is 0 Å². The zero-order chi connectivity index (χ0) is 15.9. The van der Waals surface area contributed by atoms with E-state index in [4.69, 9.17) is 13.9 Å². The summed E-state index contributed by atoms with van der Waals surface area (Å²) in [5.74, 6) is -0.224. The van der Waals surface area contributed by atoms with E-state index in [2.05, 4.69) is 18.8 Å². The summed E-state index contributed by atoms with van der Waals surface area (Å²) in [5, 5.41) is 1.05. The fourth-order valence-electron chi connectivity index (χ4n) is 2.81. The standard InChI is InChI=1S/C18H20N2O3/c1-17(2)11-21-18(22-12-17,10-20-8-7-19-13-20)16-9-14-5-3-4-6-15(14)23-16/h3-9,13H,10-12H2,1-2H3. The predicted octanol–water partition coefficient (Wildman–Crippen LogP) is 3.56. The minimum absolute atomic E-state index is 0.00947. The molecule has 0 aliphatic carbocycles. The Hall–Kier alpha value is -2.11. The molecule has 1 aliphatic heterocycles. The fraction of sp³-hybridized carbons (Fsp3) is 0.389. The van der Waals surface area contributed by atoms with Crippen LogP contribution in [0.5, 0.6) is 0 Å². The third-order valence-corrected chi connectivity index (χ3v) is 4.14. The van der Waals surface area contributed by atoms with Gasteiger partial charge in [-0.2, -0.15) is 0 Å². The Kier molecular flexibility index (Phi) is 3.28. The third kappa shape index (κ3) is 2.66. The largest absolute Gasteiger partial charge is 0.455 e. The van der Waals surface area contributed by atoms with Gasteiger partial charge in [-0.3, -0.25) is 0 Å². The van der Waals surface area contributed by atoms with Gasteiger partial charge in [0.25, 0.3) is 0 Å². The fourth-order valence-corrected chi connectivity index (χ4v) is 2.81. The number of nitrogens with zero attached hydrogens (tertiary/aromatic N) is 2. The molecule has 2 aromatic heterocycles. The Morgan fingerprint density at radius 2 is 1.96 bits per heavy atom. The van der Waals surface area contributed by atoms with Crippen molar-refractivity contribution in [3.8, 4) is 0 Å². The highest BCUT2D eigenvalue weighted by Gasteiger charge is 2.45. The minimum atomic E-state index is -0.921. The molecule has 1 aromatic carbocycles. The molecule has 23 heavy (non-hydrogen) atoms. The van der Waals surface area contributed by atoms with Crippen LogP contribution in [0.15, 0.2) is 53.5 Å². The zero-order valence-electron chi connectivity index (χ0n) is 13.4. The van der Waals surface area contributed by atoms with Gasteiger partial charge in [-0.05, 0) is 12.1 Å². The van der Waals surface area contributed by atoms with Crippen LogP contribution >= 0.6 is 0 Å². The van der Waals surface area contributed by atoms with E-state index in [1.165, 1.54) is 0 Å². The lowest BCUT2D eigenvalue weighted by Gasteiger charge is -2.42. The van der Waals surface area contributed by atoms with E-state index in [0.29, 0.717) is 25.5 Å². The number of fused-ring (bicyclic) bond motifs is 1. The Balaban J connectivity index is 1.75. The smallest absolute Gasteiger partial charge is 0.247 e. The van der Waals surface area contributed by atoms with Crippen LogP contribution < -0.4 is 0 Å². The van der Waals surface area contributed by atoms with Crippen LogP contribution in [-0.4, -0.2) is 22.8 Å². The summed E-state index contributed by atoms with van der Waals surface area (Å²) in [5.41, 5.74) is 0.828. The first kappa shape index (κ1) is 14.5. The van der Waals surface area contributed by atoms with Crippen LogP contribution in [0, 0.1) is 5.41 Å². The normalized spacial score (nSPS) is 19.9. The molecular weight excluding hydrogens is 292 g/mol. The summed E-state index contributed by atoms with van der Waals surface area (Å²) < 4.78 is 20.4. The highest BCUT2D eigenvalue weighted by molar-refractivity contribution is 5.77.